The van der Waals surface area contributed by atoms with Crippen molar-refractivity contribution in [2.24, 2.45) is 0 Å². The van der Waals surface area contributed by atoms with Crippen molar-refractivity contribution in [3.63, 3.8) is 0 Å². The number of carbonyl (C=O) groups excluding carboxylic acids is 3. The topological polar surface area (TPSA) is 78.9 Å². The third-order valence-corrected chi connectivity index (χ3v) is 9.87. The maximum atomic E-state index is 12.8. The van der Waals surface area contributed by atoms with Gasteiger partial charge in [0.1, 0.15) is 13.2 Å². The summed E-state index contributed by atoms with van der Waals surface area (Å²) in [5.74, 6) is -1.04. The van der Waals surface area contributed by atoms with Gasteiger partial charge in [0.25, 0.3) is 0 Å². The molecular formula is C58H90O6. The molecule has 0 saturated carbocycles. The minimum atomic E-state index is -0.830. The Hall–Kier alpha value is -4.45. The summed E-state index contributed by atoms with van der Waals surface area (Å²) in [6.07, 6.45) is 71.6. The number of rotatable bonds is 43. The molecule has 0 heterocycles. The van der Waals surface area contributed by atoms with E-state index in [1.54, 1.807) is 0 Å². The van der Waals surface area contributed by atoms with Crippen molar-refractivity contribution in [3.8, 4) is 0 Å². The molecule has 0 aromatic carbocycles. The Labute approximate surface area is 392 Å². The molecule has 0 saturated heterocycles. The molecule has 0 aromatic heterocycles. The van der Waals surface area contributed by atoms with Crippen molar-refractivity contribution in [2.75, 3.05) is 13.2 Å². The van der Waals surface area contributed by atoms with E-state index in [9.17, 15) is 14.4 Å². The minimum Gasteiger partial charge on any atom is -0.462 e. The third kappa shape index (κ3) is 48.6. The van der Waals surface area contributed by atoms with Gasteiger partial charge in [-0.1, -0.05) is 187 Å². The first kappa shape index (κ1) is 59.5. The molecule has 0 N–H and O–H groups in total. The molecule has 6 nitrogen and oxygen atoms in total. The fourth-order valence-electron chi connectivity index (χ4n) is 6.13. The van der Waals surface area contributed by atoms with Crippen LogP contribution in [0.5, 0.6) is 0 Å². The summed E-state index contributed by atoms with van der Waals surface area (Å²) in [5, 5.41) is 0. The summed E-state index contributed by atoms with van der Waals surface area (Å²) >= 11 is 0. The second-order valence-corrected chi connectivity index (χ2v) is 16.0. The lowest BCUT2D eigenvalue weighted by molar-refractivity contribution is -0.167. The highest BCUT2D eigenvalue weighted by atomic mass is 16.6. The van der Waals surface area contributed by atoms with Gasteiger partial charge in [-0.2, -0.15) is 0 Å². The van der Waals surface area contributed by atoms with Gasteiger partial charge in [-0.15, -0.1) is 0 Å². The highest BCUT2D eigenvalue weighted by Gasteiger charge is 2.19. The Bertz CT molecular complexity index is 1430. The standard InChI is InChI=1S/C58H90O6/c1-4-7-10-13-16-19-22-24-26-28-29-31-32-34-36-39-42-45-48-51-57(60)63-54-55(53-62-56(59)50-47-44-41-38-21-18-15-12-9-6-3)64-58(61)52-49-46-43-40-37-35-33-30-27-25-23-20-17-14-11-8-5-2/h7-8,10-11,15-20,24-27,29,31,33-36,40,43,55H,4-6,9,12-14,21-23,28,30,32,37-39,41-42,44-54H2,1-3H3/b10-7-,11-8-,18-15-,19-16-,20-17-,26-24-,27-25-,31-29-,35-33-,36-34-,43-40-. The average molecular weight is 883 g/mol. The first-order valence-corrected chi connectivity index (χ1v) is 25.2. The molecule has 0 rings (SSSR count). The van der Waals surface area contributed by atoms with Crippen molar-refractivity contribution < 1.29 is 28.6 Å². The summed E-state index contributed by atoms with van der Waals surface area (Å²) in [6, 6.07) is 0. The molecule has 64 heavy (non-hydrogen) atoms. The van der Waals surface area contributed by atoms with Crippen molar-refractivity contribution in [3.05, 3.63) is 134 Å². The molecule has 0 fully saturated rings. The zero-order valence-electron chi connectivity index (χ0n) is 40.7. The molecule has 0 spiro atoms. The van der Waals surface area contributed by atoms with Gasteiger partial charge in [-0.3, -0.25) is 14.4 Å². The van der Waals surface area contributed by atoms with Gasteiger partial charge in [0.15, 0.2) is 6.10 Å². The molecule has 1 unspecified atom stereocenters. The molecule has 0 bridgehead atoms. The monoisotopic (exact) mass is 883 g/mol. The van der Waals surface area contributed by atoms with Crippen LogP contribution in [-0.2, 0) is 28.6 Å². The lowest BCUT2D eigenvalue weighted by Crippen LogP contribution is -2.30. The van der Waals surface area contributed by atoms with E-state index in [2.05, 4.69) is 154 Å². The molecule has 0 aliphatic rings. The van der Waals surface area contributed by atoms with Crippen LogP contribution in [0.25, 0.3) is 0 Å². The Morgan fingerprint density at radius 3 is 1.02 bits per heavy atom. The van der Waals surface area contributed by atoms with Gasteiger partial charge in [0.05, 0.1) is 0 Å². The molecule has 0 amide bonds. The lowest BCUT2D eigenvalue weighted by Gasteiger charge is -2.18. The van der Waals surface area contributed by atoms with Crippen molar-refractivity contribution in [1.82, 2.24) is 0 Å². The molecule has 358 valence electrons. The summed E-state index contributed by atoms with van der Waals surface area (Å²) in [7, 11) is 0. The van der Waals surface area contributed by atoms with Crippen LogP contribution in [0.2, 0.25) is 0 Å². The Balaban J connectivity index is 4.55. The maximum absolute atomic E-state index is 12.8. The highest BCUT2D eigenvalue weighted by Crippen LogP contribution is 2.11. The number of hydrogen-bond acceptors (Lipinski definition) is 6. The van der Waals surface area contributed by atoms with E-state index >= 15 is 0 Å². The van der Waals surface area contributed by atoms with E-state index in [0.717, 1.165) is 135 Å². The zero-order chi connectivity index (χ0) is 46.5. The van der Waals surface area contributed by atoms with E-state index in [1.807, 2.05) is 0 Å². The minimum absolute atomic E-state index is 0.123. The van der Waals surface area contributed by atoms with Crippen LogP contribution in [0.1, 0.15) is 194 Å². The van der Waals surface area contributed by atoms with Gasteiger partial charge in [0.2, 0.25) is 0 Å². The fourth-order valence-corrected chi connectivity index (χ4v) is 6.13. The molecule has 0 aromatic rings. The zero-order valence-corrected chi connectivity index (χ0v) is 40.7. The number of unbranched alkanes of at least 4 members (excludes halogenated alkanes) is 10. The predicted octanol–water partition coefficient (Wildman–Crippen LogP) is 16.7. The first-order valence-electron chi connectivity index (χ1n) is 25.2. The number of esters is 3. The molecular weight excluding hydrogens is 793 g/mol. The van der Waals surface area contributed by atoms with Gasteiger partial charge in [-0.05, 0) is 122 Å². The van der Waals surface area contributed by atoms with Crippen LogP contribution in [0.15, 0.2) is 134 Å². The van der Waals surface area contributed by atoms with Crippen molar-refractivity contribution >= 4 is 17.9 Å². The SMILES string of the molecule is CC/C=C\C/C=C\C/C=C\C/C=C\C/C=C\CCCCCC(=O)OCC(COC(=O)CCCCCC/C=C\CCCC)OC(=O)CCC/C=C\C/C=C\C/C=C\C/C=C\C/C=C\CC. The summed E-state index contributed by atoms with van der Waals surface area (Å²) in [4.78, 5) is 37.9. The molecule has 0 radical (unpaired) electrons. The maximum Gasteiger partial charge on any atom is 0.306 e. The first-order chi connectivity index (χ1) is 31.5. The second kappa shape index (κ2) is 51.2. The number of hydrogen-bond donors (Lipinski definition) is 0. The van der Waals surface area contributed by atoms with Crippen LogP contribution in [-0.4, -0.2) is 37.2 Å². The highest BCUT2D eigenvalue weighted by molar-refractivity contribution is 5.71. The smallest absolute Gasteiger partial charge is 0.306 e. The van der Waals surface area contributed by atoms with Crippen LogP contribution in [0.4, 0.5) is 0 Å². The summed E-state index contributed by atoms with van der Waals surface area (Å²) in [5.41, 5.74) is 0. The largest absolute Gasteiger partial charge is 0.462 e. The number of allylic oxidation sites excluding steroid dienone is 22. The normalized spacial score (nSPS) is 13.2. The second-order valence-electron chi connectivity index (χ2n) is 16.0. The number of ether oxygens (including phenoxy) is 3. The Morgan fingerprint density at radius 2 is 0.625 bits per heavy atom. The molecule has 1 atom stereocenters. The summed E-state index contributed by atoms with van der Waals surface area (Å²) < 4.78 is 16.7. The third-order valence-electron chi connectivity index (χ3n) is 9.87. The van der Waals surface area contributed by atoms with E-state index in [4.69, 9.17) is 14.2 Å². The quantitative estimate of drug-likeness (QED) is 0.0263. The van der Waals surface area contributed by atoms with Gasteiger partial charge >= 0.3 is 17.9 Å². The Kier molecular flexibility index (Phi) is 47.6. The van der Waals surface area contributed by atoms with Crippen LogP contribution in [0, 0.1) is 0 Å². The van der Waals surface area contributed by atoms with E-state index in [0.29, 0.717) is 19.3 Å². The molecule has 0 aliphatic carbocycles. The number of carbonyl (C=O) groups is 3. The van der Waals surface area contributed by atoms with Crippen LogP contribution < -0.4 is 0 Å². The van der Waals surface area contributed by atoms with Crippen LogP contribution in [0.3, 0.4) is 0 Å². The average Bonchev–Trinajstić information content (AvgIpc) is 3.29. The summed E-state index contributed by atoms with van der Waals surface area (Å²) in [6.45, 7) is 6.25. The van der Waals surface area contributed by atoms with Gasteiger partial charge in [-0.25, -0.2) is 0 Å². The van der Waals surface area contributed by atoms with Crippen molar-refractivity contribution in [2.45, 2.75) is 200 Å². The van der Waals surface area contributed by atoms with Crippen molar-refractivity contribution in [1.29, 1.82) is 0 Å². The molecule has 6 heteroatoms. The van der Waals surface area contributed by atoms with E-state index in [1.165, 1.54) is 12.8 Å². The van der Waals surface area contributed by atoms with Gasteiger partial charge < -0.3 is 14.2 Å². The lowest BCUT2D eigenvalue weighted by atomic mass is 10.1. The molecule has 0 aliphatic heterocycles. The van der Waals surface area contributed by atoms with E-state index in [-0.39, 0.29) is 37.5 Å². The Morgan fingerprint density at radius 1 is 0.328 bits per heavy atom. The predicted molar refractivity (Wildman–Crippen MR) is 274 cm³/mol. The van der Waals surface area contributed by atoms with E-state index < -0.39 is 6.10 Å². The fraction of sp³-hybridized carbons (Fsp3) is 0.569. The van der Waals surface area contributed by atoms with Crippen LogP contribution >= 0.6 is 0 Å². The van der Waals surface area contributed by atoms with Gasteiger partial charge in [0, 0.05) is 19.3 Å².